The zero-order valence-corrected chi connectivity index (χ0v) is 16.7. The van der Waals surface area contributed by atoms with E-state index < -0.39 is 0 Å². The largest absolute Gasteiger partial charge is 0.379 e. The highest BCUT2D eigenvalue weighted by Crippen LogP contribution is 2.31. The van der Waals surface area contributed by atoms with Crippen LogP contribution in [0.1, 0.15) is 41.5 Å². The van der Waals surface area contributed by atoms with Crippen LogP contribution in [0, 0.1) is 0 Å². The van der Waals surface area contributed by atoms with Gasteiger partial charge in [0, 0.05) is 58.6 Å². The summed E-state index contributed by atoms with van der Waals surface area (Å²) < 4.78 is 7.85. The number of nitrogens with zero attached hydrogens (tertiary/aromatic N) is 2. The van der Waals surface area contributed by atoms with Gasteiger partial charge in [0.25, 0.3) is 0 Å². The van der Waals surface area contributed by atoms with Gasteiger partial charge in [-0.05, 0) is 57.2 Å². The van der Waals surface area contributed by atoms with Gasteiger partial charge >= 0.3 is 0 Å². The van der Waals surface area contributed by atoms with Crippen molar-refractivity contribution in [3.05, 3.63) is 47.5 Å². The molecular formula is C23H26N2O3. The Morgan fingerprint density at radius 2 is 1.54 bits per heavy atom. The maximum absolute atomic E-state index is 11.9. The second-order valence-corrected chi connectivity index (χ2v) is 7.69. The van der Waals surface area contributed by atoms with E-state index in [0.29, 0.717) is 17.2 Å². The summed E-state index contributed by atoms with van der Waals surface area (Å²) in [5.41, 5.74) is 3.59. The minimum absolute atomic E-state index is 0.0488. The molecule has 0 radical (unpaired) electrons. The fraction of sp³-hybridized carbons (Fsp3) is 0.391. The Hall–Kier alpha value is -2.50. The zero-order valence-electron chi connectivity index (χ0n) is 16.7. The zero-order chi connectivity index (χ0) is 19.8. The van der Waals surface area contributed by atoms with E-state index in [0.717, 1.165) is 54.7 Å². The fourth-order valence-electron chi connectivity index (χ4n) is 4.11. The van der Waals surface area contributed by atoms with Crippen LogP contribution in [0.4, 0.5) is 0 Å². The Bertz CT molecular complexity index is 995. The predicted molar refractivity (Wildman–Crippen MR) is 111 cm³/mol. The highest BCUT2D eigenvalue weighted by molar-refractivity contribution is 6.12. The monoisotopic (exact) mass is 378 g/mol. The summed E-state index contributed by atoms with van der Waals surface area (Å²) in [4.78, 5) is 26.2. The lowest BCUT2D eigenvalue weighted by atomic mass is 10.0. The van der Waals surface area contributed by atoms with E-state index >= 15 is 0 Å². The Kier molecular flexibility index (Phi) is 5.04. The molecule has 0 spiro atoms. The first-order valence-electron chi connectivity index (χ1n) is 9.85. The Balaban J connectivity index is 1.81. The van der Waals surface area contributed by atoms with Crippen molar-refractivity contribution in [2.24, 2.45) is 0 Å². The van der Waals surface area contributed by atoms with E-state index in [4.69, 9.17) is 4.74 Å². The summed E-state index contributed by atoms with van der Waals surface area (Å²) in [7, 11) is 0. The summed E-state index contributed by atoms with van der Waals surface area (Å²) in [5, 5.41) is 2.06. The van der Waals surface area contributed by atoms with Crippen LogP contribution in [-0.4, -0.2) is 53.4 Å². The minimum atomic E-state index is 0.0488. The molecule has 0 amide bonds. The highest BCUT2D eigenvalue weighted by Gasteiger charge is 2.20. The maximum atomic E-state index is 11.9. The van der Waals surface area contributed by atoms with Gasteiger partial charge in [-0.2, -0.15) is 0 Å². The summed E-state index contributed by atoms with van der Waals surface area (Å²) >= 11 is 0. The summed E-state index contributed by atoms with van der Waals surface area (Å²) in [5.74, 6) is 0.0975. The normalized spacial score (nSPS) is 18.0. The first-order valence-corrected chi connectivity index (χ1v) is 9.85. The van der Waals surface area contributed by atoms with Crippen LogP contribution >= 0.6 is 0 Å². The third-order valence-corrected chi connectivity index (χ3v) is 5.79. The van der Waals surface area contributed by atoms with Crippen molar-refractivity contribution in [3.63, 3.8) is 0 Å². The minimum Gasteiger partial charge on any atom is -0.379 e. The van der Waals surface area contributed by atoms with Crippen molar-refractivity contribution in [1.82, 2.24) is 9.47 Å². The van der Waals surface area contributed by atoms with Gasteiger partial charge in [0.05, 0.1) is 13.2 Å². The maximum Gasteiger partial charge on any atom is 0.159 e. The number of hydrogen-bond acceptors (Lipinski definition) is 4. The number of hydrogen-bond donors (Lipinski definition) is 0. The number of ether oxygens (including phenoxy) is 1. The fourth-order valence-corrected chi connectivity index (χ4v) is 4.11. The lowest BCUT2D eigenvalue weighted by Gasteiger charge is -2.33. The van der Waals surface area contributed by atoms with E-state index in [2.05, 4.69) is 16.4 Å². The predicted octanol–water partition coefficient (Wildman–Crippen LogP) is 3.92. The summed E-state index contributed by atoms with van der Waals surface area (Å²) in [6.07, 6.45) is 0. The number of fused-ring (bicyclic) bond motifs is 3. The van der Waals surface area contributed by atoms with E-state index in [1.54, 1.807) is 13.8 Å². The van der Waals surface area contributed by atoms with Crippen molar-refractivity contribution in [3.8, 4) is 0 Å². The molecule has 1 fully saturated rings. The average molecular weight is 378 g/mol. The number of ketones is 2. The summed E-state index contributed by atoms with van der Waals surface area (Å²) in [6, 6.07) is 12.2. The lowest BCUT2D eigenvalue weighted by molar-refractivity contribution is -0.00139. The van der Waals surface area contributed by atoms with Gasteiger partial charge in [0.1, 0.15) is 0 Å². The van der Waals surface area contributed by atoms with E-state index in [-0.39, 0.29) is 11.6 Å². The second kappa shape index (κ2) is 7.49. The first-order chi connectivity index (χ1) is 13.5. The molecule has 4 rings (SSSR count). The van der Waals surface area contributed by atoms with E-state index in [1.807, 2.05) is 36.4 Å². The third kappa shape index (κ3) is 3.36. The molecule has 1 aromatic heterocycles. The molecule has 1 saturated heterocycles. The van der Waals surface area contributed by atoms with E-state index in [9.17, 15) is 9.59 Å². The van der Waals surface area contributed by atoms with Crippen molar-refractivity contribution >= 4 is 33.4 Å². The Morgan fingerprint density at radius 1 is 0.964 bits per heavy atom. The van der Waals surface area contributed by atoms with Crippen LogP contribution in [0.15, 0.2) is 36.4 Å². The Morgan fingerprint density at radius 3 is 2.04 bits per heavy atom. The van der Waals surface area contributed by atoms with Crippen molar-refractivity contribution in [2.45, 2.75) is 33.4 Å². The molecule has 1 aliphatic rings. The van der Waals surface area contributed by atoms with Crippen molar-refractivity contribution in [2.75, 3.05) is 26.3 Å². The molecule has 28 heavy (non-hydrogen) atoms. The lowest BCUT2D eigenvalue weighted by Crippen LogP contribution is -2.44. The molecule has 3 aromatic rings. The standard InChI is InChI=1S/C23H26N2O3/c1-15-14-28-11-10-24(15)8-9-25-22-6-4-18(16(2)26)12-20(22)21-13-19(17(3)27)5-7-23(21)25/h4-7,12-13,15H,8-11,14H2,1-3H3/t15-/m0/s1. The molecule has 0 unspecified atom stereocenters. The third-order valence-electron chi connectivity index (χ3n) is 5.79. The number of carbonyl (C=O) groups excluding carboxylic acids is 2. The van der Waals surface area contributed by atoms with Gasteiger partial charge in [0.2, 0.25) is 0 Å². The van der Waals surface area contributed by atoms with Crippen LogP contribution in [0.2, 0.25) is 0 Å². The number of aromatic nitrogens is 1. The molecule has 2 heterocycles. The van der Waals surface area contributed by atoms with E-state index in [1.165, 1.54) is 0 Å². The topological polar surface area (TPSA) is 51.5 Å². The Labute approximate surface area is 164 Å². The molecule has 0 saturated carbocycles. The molecule has 2 aromatic carbocycles. The smallest absolute Gasteiger partial charge is 0.159 e. The molecular weight excluding hydrogens is 352 g/mol. The number of benzene rings is 2. The molecule has 1 atom stereocenters. The number of rotatable bonds is 5. The molecule has 1 aliphatic heterocycles. The number of carbonyl (C=O) groups is 2. The van der Waals surface area contributed by atoms with Crippen LogP contribution in [0.25, 0.3) is 21.8 Å². The second-order valence-electron chi connectivity index (χ2n) is 7.69. The van der Waals surface area contributed by atoms with Crippen molar-refractivity contribution in [1.29, 1.82) is 0 Å². The van der Waals surface area contributed by atoms with Crippen LogP contribution in [-0.2, 0) is 11.3 Å². The average Bonchev–Trinajstić information content (AvgIpc) is 2.99. The van der Waals surface area contributed by atoms with Gasteiger partial charge in [-0.1, -0.05) is 0 Å². The number of Topliss-reactive ketones (excluding diaryl/α,β-unsaturated/α-hetero) is 2. The van der Waals surface area contributed by atoms with Gasteiger partial charge in [-0.15, -0.1) is 0 Å². The van der Waals surface area contributed by atoms with Gasteiger partial charge in [-0.3, -0.25) is 14.5 Å². The SMILES string of the molecule is CC(=O)c1ccc2c(c1)c1cc(C(C)=O)ccc1n2CCN1CCOC[C@@H]1C. The number of morpholine rings is 1. The quantitative estimate of drug-likeness (QED) is 0.632. The van der Waals surface area contributed by atoms with Crippen LogP contribution in [0.3, 0.4) is 0 Å². The molecule has 0 N–H and O–H groups in total. The van der Waals surface area contributed by atoms with Crippen molar-refractivity contribution < 1.29 is 14.3 Å². The van der Waals surface area contributed by atoms with Gasteiger partial charge in [-0.25, -0.2) is 0 Å². The van der Waals surface area contributed by atoms with Crippen LogP contribution < -0.4 is 0 Å². The highest BCUT2D eigenvalue weighted by atomic mass is 16.5. The molecule has 5 heteroatoms. The van der Waals surface area contributed by atoms with Crippen LogP contribution in [0.5, 0.6) is 0 Å². The molecule has 146 valence electrons. The molecule has 0 aliphatic carbocycles. The molecule has 0 bridgehead atoms. The van der Waals surface area contributed by atoms with Gasteiger partial charge < -0.3 is 9.30 Å². The first kappa shape index (κ1) is 18.8. The van der Waals surface area contributed by atoms with Gasteiger partial charge in [0.15, 0.2) is 11.6 Å². The summed E-state index contributed by atoms with van der Waals surface area (Å²) in [6.45, 7) is 9.65. The molecule has 5 nitrogen and oxygen atoms in total.